The zero-order chi connectivity index (χ0) is 106. The van der Waals surface area contributed by atoms with Gasteiger partial charge in [-0.05, 0) is 149 Å². The average Bonchev–Trinajstić information content (AvgIpc) is 0.856. The van der Waals surface area contributed by atoms with Crippen molar-refractivity contribution >= 4 is 82.4 Å². The third-order valence-electron chi connectivity index (χ3n) is 26.3. The van der Waals surface area contributed by atoms with Gasteiger partial charge in [0.15, 0.2) is 0 Å². The third kappa shape index (κ3) is 50.2. The van der Waals surface area contributed by atoms with E-state index in [2.05, 4.69) is 174 Å². The van der Waals surface area contributed by atoms with Gasteiger partial charge in [-0.15, -0.1) is 60.4 Å². The second-order valence-corrected chi connectivity index (χ2v) is 46.3. The summed E-state index contributed by atoms with van der Waals surface area (Å²) in [5, 5.41) is 98.8. The molecule has 5 aliphatic rings. The van der Waals surface area contributed by atoms with Crippen molar-refractivity contribution in [2.24, 2.45) is 44.3 Å². The molecule has 5 radical (unpaired) electrons. The number of allylic oxidation sites excluding steroid dienone is 10. The van der Waals surface area contributed by atoms with Gasteiger partial charge in [0.1, 0.15) is 11.5 Å². The molecule has 0 fully saturated rings. The van der Waals surface area contributed by atoms with E-state index in [0.29, 0.717) is 43.9 Å². The SMILES string of the molecule is CC(C)(C)C(O)CC(O)C(C)(C)C.CC(C)(C)C(O)CC(O)C(C)(C)C.CC(C)(C)C(O)CC(O)C(C)(C)C.CC(O)CC(C)O.CC(O)CC(C)O.COc1ccc2ccc(C3=[C-]C(C)CCC3)nc2c1.COc1ccc2ccc(C3=[C-]CCCC3)nc2c1.Cc1cc(C2=[C-]CCCC2)nc2ccccc12.Cc1cc2ccccc2nc1C1=[C-]C(C)CCC1.Cc1cc2ccccc2nc1C1=[C-]CCCC1.[Ir].[Ir].[Ir].[Ir].[Ir]. The molecule has 0 aliphatic heterocycles. The molecule has 10 N–H and O–H groups in total. The molecule has 0 spiro atoms. The molecule has 22 heteroatoms. The molecule has 0 saturated heterocycles. The first-order chi connectivity index (χ1) is 66.4. The summed E-state index contributed by atoms with van der Waals surface area (Å²) in [6.07, 6.45) is 37.1. The first kappa shape index (κ1) is 139. The summed E-state index contributed by atoms with van der Waals surface area (Å²) in [5.74, 6) is 2.83. The molecular weight excluding hydrogens is 2720 g/mol. The molecule has 12 unspecified atom stereocenters. The van der Waals surface area contributed by atoms with Crippen LogP contribution < -0.4 is 9.47 Å². The maximum absolute atomic E-state index is 9.76. The Labute approximate surface area is 952 Å². The van der Waals surface area contributed by atoms with Gasteiger partial charge in [0.05, 0.1) is 86.3 Å². The fourth-order valence-corrected chi connectivity index (χ4v) is 16.4. The number of aromatic nitrogens is 5. The van der Waals surface area contributed by atoms with Crippen molar-refractivity contribution in [2.75, 3.05) is 14.2 Å². The molecule has 0 saturated carbocycles. The molecule has 0 bridgehead atoms. The number of aliphatic hydroxyl groups excluding tert-OH is 10. The first-order valence-corrected chi connectivity index (χ1v) is 52.3. The van der Waals surface area contributed by atoms with E-state index in [1.54, 1.807) is 41.9 Å². The van der Waals surface area contributed by atoms with Crippen LogP contribution in [0.3, 0.4) is 0 Å². The number of hydrogen-bond donors (Lipinski definition) is 10. The number of pyridine rings is 5. The number of para-hydroxylation sites is 3. The molecule has 0 amide bonds. The number of ether oxygens (including phenoxy) is 2. The van der Waals surface area contributed by atoms with Crippen molar-refractivity contribution < 1.29 is 161 Å². The van der Waals surface area contributed by atoms with E-state index >= 15 is 0 Å². The van der Waals surface area contributed by atoms with Gasteiger partial charge in [0, 0.05) is 148 Å². The number of rotatable bonds is 17. The first-order valence-electron chi connectivity index (χ1n) is 52.3. The number of hydrogen-bond acceptors (Lipinski definition) is 17. The van der Waals surface area contributed by atoms with Gasteiger partial charge in [-0.2, -0.15) is 27.9 Å². The van der Waals surface area contributed by atoms with Crippen LogP contribution in [-0.2, 0) is 101 Å². The number of fused-ring (bicyclic) bond motifs is 5. The van der Waals surface area contributed by atoms with Gasteiger partial charge >= 0.3 is 0 Å². The van der Waals surface area contributed by atoms with E-state index in [0.717, 1.165) is 130 Å². The summed E-state index contributed by atoms with van der Waals surface area (Å²) >= 11 is 0. The summed E-state index contributed by atoms with van der Waals surface area (Å²) in [5.41, 5.74) is 20.3. The van der Waals surface area contributed by atoms with Crippen LogP contribution in [0.4, 0.5) is 0 Å². The summed E-state index contributed by atoms with van der Waals surface area (Å²) < 4.78 is 10.5. The predicted molar refractivity (Wildman–Crippen MR) is 593 cm³/mol. The molecule has 147 heavy (non-hydrogen) atoms. The Bertz CT molecular complexity index is 5500. The number of aryl methyl sites for hydroxylation is 3. The van der Waals surface area contributed by atoms with Gasteiger partial charge in [-0.3, -0.25) is 30.4 Å². The second-order valence-electron chi connectivity index (χ2n) is 46.3. The minimum atomic E-state index is -0.443. The number of nitrogens with zero attached hydrogens (tertiary/aromatic N) is 5. The molecule has 12 atom stereocenters. The maximum Gasteiger partial charge on any atom is 0.120 e. The van der Waals surface area contributed by atoms with Gasteiger partial charge in [0.25, 0.3) is 0 Å². The van der Waals surface area contributed by atoms with Crippen LogP contribution >= 0.6 is 0 Å². The van der Waals surface area contributed by atoms with Crippen molar-refractivity contribution in [3.8, 4) is 11.5 Å². The minimum Gasteiger partial charge on any atom is -0.497 e. The largest absolute Gasteiger partial charge is 0.497 e. The summed E-state index contributed by atoms with van der Waals surface area (Å²) in [6, 6.07) is 52.2. The van der Waals surface area contributed by atoms with Crippen molar-refractivity contribution in [3.63, 3.8) is 0 Å². The van der Waals surface area contributed by atoms with Gasteiger partial charge < -0.3 is 85.5 Å². The Balaban J connectivity index is 0.000000824. The van der Waals surface area contributed by atoms with E-state index in [1.807, 2.05) is 167 Å². The summed E-state index contributed by atoms with van der Waals surface area (Å²) in [6.45, 7) is 53.2. The number of methoxy groups -OCH3 is 2. The Morgan fingerprint density at radius 3 is 0.912 bits per heavy atom. The zero-order valence-electron chi connectivity index (χ0n) is 93.8. The molecule has 5 aliphatic carbocycles. The Morgan fingerprint density at radius 2 is 0.585 bits per heavy atom. The summed E-state index contributed by atoms with van der Waals surface area (Å²) in [4.78, 5) is 23.9. The molecule has 10 aromatic rings. The van der Waals surface area contributed by atoms with Crippen molar-refractivity contribution in [1.82, 2.24) is 24.9 Å². The molecule has 17 nitrogen and oxygen atoms in total. The molecule has 5 heterocycles. The Kier molecular flexibility index (Phi) is 63.7. The second kappa shape index (κ2) is 67.2. The topological polar surface area (TPSA) is 285 Å². The zero-order valence-corrected chi connectivity index (χ0v) is 106. The van der Waals surface area contributed by atoms with Crippen LogP contribution in [0.1, 0.15) is 359 Å². The van der Waals surface area contributed by atoms with E-state index < -0.39 is 36.6 Å². The van der Waals surface area contributed by atoms with Gasteiger partial charge in [-0.25, -0.2) is 0 Å². The normalized spacial score (nSPS) is 17.2. The third-order valence-corrected chi connectivity index (χ3v) is 26.3. The standard InChI is InChI=1S/C17H18NO.C17H18N.C16H16NO.2C16H16N.3C11H24O2.2C5H12O2.5Ir/c1-12-4-3-5-14(10-12)16-9-7-13-6-8-15(19-2)11-17(13)18-16;1-12-6-5-8-15(10-12)17-13(2)11-14-7-3-4-9-16(14)18-17;1-18-14-9-7-13-8-10-15(17-16(13)11-14)12-5-3-2-4-6-12;1-12-11-16(13-7-3-2-4-8-13)17-15-10-6-5-9-14(12)15;1-12-11-14-9-5-6-10-15(14)17-16(12)13-7-3-2-4-8-13;3*1-10(2,3)8(12)7-9(13)11(4,5)6;2*1-4(6)3-5(2)7;;;;;/h6-9,11-12H,3-5H2,1-2H3;3-4,7,9,11-12H,5-6,8H2,1-2H3;7-11H,2-5H2,1H3;2*5-6,9-11H,2-4,7H2,1H3;3*8-9,12-13H,7H2,1-6H3;2*4-7H,3H2,1-2H3;;;;;/q5*-1;;;;;;;;;;. The van der Waals surface area contributed by atoms with Crippen LogP contribution in [0.25, 0.3) is 82.4 Å². The van der Waals surface area contributed by atoms with Gasteiger partial charge in [0.2, 0.25) is 0 Å². The Morgan fingerprint density at radius 1 is 0.293 bits per heavy atom. The summed E-state index contributed by atoms with van der Waals surface area (Å²) in [7, 11) is 3.37. The molecule has 827 valence electrons. The van der Waals surface area contributed by atoms with E-state index in [-0.39, 0.29) is 157 Å². The Hall–Kier alpha value is -5.70. The van der Waals surface area contributed by atoms with Crippen molar-refractivity contribution in [1.29, 1.82) is 0 Å². The van der Waals surface area contributed by atoms with Crippen LogP contribution in [0.5, 0.6) is 11.5 Å². The number of aliphatic hydroxyl groups is 10. The van der Waals surface area contributed by atoms with Crippen LogP contribution in [0, 0.1) is 95.5 Å². The smallest absolute Gasteiger partial charge is 0.120 e. The maximum atomic E-state index is 9.76. The monoisotopic (exact) mass is 2910 g/mol. The predicted octanol–water partition coefficient (Wildman–Crippen LogP) is 28.2. The fraction of sp³-hybridized carbons (Fsp3) is 0.560. The van der Waals surface area contributed by atoms with Crippen molar-refractivity contribution in [3.05, 3.63) is 227 Å². The fourth-order valence-electron chi connectivity index (χ4n) is 16.4. The van der Waals surface area contributed by atoms with Crippen LogP contribution in [-0.4, -0.2) is 151 Å². The van der Waals surface area contributed by atoms with E-state index in [9.17, 15) is 30.6 Å². The van der Waals surface area contributed by atoms with Crippen molar-refractivity contribution in [2.45, 2.75) is 396 Å². The quantitative estimate of drug-likeness (QED) is 0.0379. The molecule has 5 aromatic heterocycles. The van der Waals surface area contributed by atoms with Crippen LogP contribution in [0.2, 0.25) is 0 Å². The molecular formula is C125H180Ir5N5O12-5. The average molecular weight is 2910 g/mol. The minimum absolute atomic E-state index is 0. The van der Waals surface area contributed by atoms with E-state index in [4.69, 9.17) is 54.8 Å². The van der Waals surface area contributed by atoms with Crippen LogP contribution in [0.15, 0.2) is 152 Å². The van der Waals surface area contributed by atoms with Gasteiger partial charge in [-0.1, -0.05) is 362 Å². The molecule has 15 rings (SSSR count). The number of benzene rings is 5. The molecule has 5 aromatic carbocycles. The van der Waals surface area contributed by atoms with E-state index in [1.165, 1.54) is 125 Å².